The Labute approximate surface area is 75.5 Å². The molecule has 0 amide bonds. The summed E-state index contributed by atoms with van der Waals surface area (Å²) in [5, 5.41) is 6.55. The van der Waals surface area contributed by atoms with Crippen LogP contribution in [0.25, 0.3) is 0 Å². The van der Waals surface area contributed by atoms with Crippen molar-refractivity contribution < 1.29 is 0 Å². The maximum atomic E-state index is 5.32. The van der Waals surface area contributed by atoms with E-state index in [1.165, 1.54) is 0 Å². The van der Waals surface area contributed by atoms with Gasteiger partial charge in [-0.05, 0) is 14.1 Å². The molecule has 4 nitrogen and oxygen atoms in total. The summed E-state index contributed by atoms with van der Waals surface area (Å²) >= 11 is 0. The molecule has 0 aromatic carbocycles. The van der Waals surface area contributed by atoms with Crippen LogP contribution in [0.5, 0.6) is 0 Å². The Morgan fingerprint density at radius 1 is 1.00 bits per heavy atom. The molecule has 0 saturated heterocycles. The molecule has 0 aromatic rings. The van der Waals surface area contributed by atoms with Gasteiger partial charge in [-0.3, -0.25) is 0 Å². The Bertz CT molecular complexity index is 85.1. The molecule has 74 valence electrons. The lowest BCUT2D eigenvalue weighted by Gasteiger charge is -2.10. The Hall–Kier alpha value is -0.160. The molecule has 0 saturated carbocycles. The van der Waals surface area contributed by atoms with Crippen LogP contribution in [-0.2, 0) is 0 Å². The summed E-state index contributed by atoms with van der Waals surface area (Å²) in [7, 11) is 4.16. The van der Waals surface area contributed by atoms with Crippen molar-refractivity contribution in [3.05, 3.63) is 0 Å². The molecule has 0 rings (SSSR count). The molecule has 12 heavy (non-hydrogen) atoms. The summed E-state index contributed by atoms with van der Waals surface area (Å²) in [6.07, 6.45) is 0. The van der Waals surface area contributed by atoms with Gasteiger partial charge >= 0.3 is 0 Å². The SMILES string of the molecule is CN(C)CCNCCNCCN. The second-order valence-electron chi connectivity index (χ2n) is 3.09. The number of nitrogens with zero attached hydrogens (tertiary/aromatic N) is 1. The van der Waals surface area contributed by atoms with Gasteiger partial charge in [0.2, 0.25) is 0 Å². The molecule has 0 radical (unpaired) electrons. The minimum Gasteiger partial charge on any atom is -0.329 e. The Kier molecular flexibility index (Phi) is 8.81. The van der Waals surface area contributed by atoms with Crippen LogP contribution < -0.4 is 16.4 Å². The third-order valence-electron chi connectivity index (χ3n) is 1.54. The van der Waals surface area contributed by atoms with Gasteiger partial charge in [0.25, 0.3) is 0 Å². The van der Waals surface area contributed by atoms with Gasteiger partial charge in [-0.25, -0.2) is 0 Å². The van der Waals surface area contributed by atoms with Gasteiger partial charge in [-0.1, -0.05) is 0 Å². The van der Waals surface area contributed by atoms with E-state index in [0.29, 0.717) is 0 Å². The molecule has 0 aliphatic carbocycles. The largest absolute Gasteiger partial charge is 0.329 e. The molecule has 4 heteroatoms. The van der Waals surface area contributed by atoms with Crippen molar-refractivity contribution in [3.63, 3.8) is 0 Å². The molecule has 0 unspecified atom stereocenters. The van der Waals surface area contributed by atoms with Crippen molar-refractivity contribution >= 4 is 0 Å². The topological polar surface area (TPSA) is 53.3 Å². The predicted molar refractivity (Wildman–Crippen MR) is 53.3 cm³/mol. The van der Waals surface area contributed by atoms with E-state index >= 15 is 0 Å². The zero-order chi connectivity index (χ0) is 9.23. The van der Waals surface area contributed by atoms with Crippen LogP contribution in [0.3, 0.4) is 0 Å². The quantitative estimate of drug-likeness (QED) is 0.400. The lowest BCUT2D eigenvalue weighted by molar-refractivity contribution is 0.400. The van der Waals surface area contributed by atoms with E-state index in [9.17, 15) is 0 Å². The van der Waals surface area contributed by atoms with E-state index in [0.717, 1.165) is 39.3 Å². The number of nitrogens with one attached hydrogen (secondary N) is 2. The Balaban J connectivity index is 2.82. The number of likely N-dealkylation sites (N-methyl/N-ethyl adjacent to an activating group) is 1. The molecule has 0 fully saturated rings. The van der Waals surface area contributed by atoms with Crippen LogP contribution in [0.2, 0.25) is 0 Å². The van der Waals surface area contributed by atoms with Crippen LogP contribution >= 0.6 is 0 Å². The van der Waals surface area contributed by atoms with Crippen molar-refractivity contribution in [1.29, 1.82) is 0 Å². The highest BCUT2D eigenvalue weighted by atomic mass is 15.1. The standard InChI is InChI=1S/C8H22N4/c1-12(2)8-7-11-6-5-10-4-3-9/h10-11H,3-9H2,1-2H3. The first-order chi connectivity index (χ1) is 5.77. The summed E-state index contributed by atoms with van der Waals surface area (Å²) in [5.41, 5.74) is 5.32. The maximum Gasteiger partial charge on any atom is 0.0101 e. The lowest BCUT2D eigenvalue weighted by atomic mass is 10.5. The van der Waals surface area contributed by atoms with Gasteiger partial charge in [0, 0.05) is 39.3 Å². The Morgan fingerprint density at radius 3 is 2.08 bits per heavy atom. The molecular formula is C8H22N4. The minimum absolute atomic E-state index is 0.720. The molecular weight excluding hydrogens is 152 g/mol. The Morgan fingerprint density at radius 2 is 1.58 bits per heavy atom. The summed E-state index contributed by atoms with van der Waals surface area (Å²) in [6.45, 7) is 5.81. The average Bonchev–Trinajstić information content (AvgIpc) is 2.02. The monoisotopic (exact) mass is 174 g/mol. The second kappa shape index (κ2) is 8.93. The molecule has 0 spiro atoms. The minimum atomic E-state index is 0.720. The summed E-state index contributed by atoms with van der Waals surface area (Å²) in [5.74, 6) is 0. The van der Waals surface area contributed by atoms with Crippen LogP contribution in [0.4, 0.5) is 0 Å². The zero-order valence-corrected chi connectivity index (χ0v) is 8.27. The van der Waals surface area contributed by atoms with E-state index in [1.807, 2.05) is 0 Å². The summed E-state index contributed by atoms with van der Waals surface area (Å²) in [6, 6.07) is 0. The van der Waals surface area contributed by atoms with Gasteiger partial charge in [0.15, 0.2) is 0 Å². The normalized spacial score (nSPS) is 11.0. The van der Waals surface area contributed by atoms with E-state index in [4.69, 9.17) is 5.73 Å². The molecule has 0 aromatic heterocycles. The van der Waals surface area contributed by atoms with Crippen molar-refractivity contribution in [2.24, 2.45) is 5.73 Å². The smallest absolute Gasteiger partial charge is 0.0101 e. The number of nitrogens with two attached hydrogens (primary N) is 1. The van der Waals surface area contributed by atoms with Crippen molar-refractivity contribution in [1.82, 2.24) is 15.5 Å². The van der Waals surface area contributed by atoms with Crippen LogP contribution in [-0.4, -0.2) is 58.3 Å². The molecule has 0 aliphatic rings. The predicted octanol–water partition coefficient (Wildman–Crippen LogP) is -1.31. The summed E-state index contributed by atoms with van der Waals surface area (Å²) in [4.78, 5) is 2.17. The zero-order valence-electron chi connectivity index (χ0n) is 8.27. The highest BCUT2D eigenvalue weighted by Gasteiger charge is 1.89. The number of hydrogen-bond acceptors (Lipinski definition) is 4. The molecule has 0 heterocycles. The van der Waals surface area contributed by atoms with Crippen molar-refractivity contribution in [3.8, 4) is 0 Å². The summed E-state index contributed by atoms with van der Waals surface area (Å²) < 4.78 is 0. The van der Waals surface area contributed by atoms with Crippen LogP contribution in [0, 0.1) is 0 Å². The fraction of sp³-hybridized carbons (Fsp3) is 1.00. The van der Waals surface area contributed by atoms with E-state index < -0.39 is 0 Å². The fourth-order valence-electron chi connectivity index (χ4n) is 0.832. The lowest BCUT2D eigenvalue weighted by Crippen LogP contribution is -2.33. The van der Waals surface area contributed by atoms with E-state index in [-0.39, 0.29) is 0 Å². The molecule has 4 N–H and O–H groups in total. The number of hydrogen-bond donors (Lipinski definition) is 3. The fourth-order valence-corrected chi connectivity index (χ4v) is 0.832. The highest BCUT2D eigenvalue weighted by molar-refractivity contribution is 4.53. The van der Waals surface area contributed by atoms with Crippen LogP contribution in [0.1, 0.15) is 0 Å². The van der Waals surface area contributed by atoms with E-state index in [1.54, 1.807) is 0 Å². The second-order valence-corrected chi connectivity index (χ2v) is 3.09. The maximum absolute atomic E-state index is 5.32. The van der Waals surface area contributed by atoms with Crippen molar-refractivity contribution in [2.45, 2.75) is 0 Å². The third kappa shape index (κ3) is 9.84. The first-order valence-electron chi connectivity index (χ1n) is 4.53. The molecule has 0 aliphatic heterocycles. The van der Waals surface area contributed by atoms with Gasteiger partial charge in [0.1, 0.15) is 0 Å². The highest BCUT2D eigenvalue weighted by Crippen LogP contribution is 1.69. The van der Waals surface area contributed by atoms with Gasteiger partial charge in [0.05, 0.1) is 0 Å². The van der Waals surface area contributed by atoms with Gasteiger partial charge in [-0.15, -0.1) is 0 Å². The van der Waals surface area contributed by atoms with Crippen LogP contribution in [0.15, 0.2) is 0 Å². The van der Waals surface area contributed by atoms with Gasteiger partial charge in [-0.2, -0.15) is 0 Å². The third-order valence-corrected chi connectivity index (χ3v) is 1.54. The van der Waals surface area contributed by atoms with Gasteiger partial charge < -0.3 is 21.3 Å². The molecule has 0 bridgehead atoms. The first kappa shape index (κ1) is 11.8. The molecule has 0 atom stereocenters. The number of rotatable bonds is 8. The van der Waals surface area contributed by atoms with Crippen molar-refractivity contribution in [2.75, 3.05) is 53.4 Å². The average molecular weight is 174 g/mol. The van der Waals surface area contributed by atoms with E-state index in [2.05, 4.69) is 29.6 Å². The first-order valence-corrected chi connectivity index (χ1v) is 4.53.